The summed E-state index contributed by atoms with van der Waals surface area (Å²) in [6.45, 7) is 0. The fourth-order valence-electron chi connectivity index (χ4n) is 2.30. The molecule has 0 saturated heterocycles. The van der Waals surface area contributed by atoms with Crippen LogP contribution in [0.1, 0.15) is 11.3 Å². The number of aryl methyl sites for hydroxylation is 1. The Bertz CT molecular complexity index is 893. The maximum absolute atomic E-state index is 12.3. The van der Waals surface area contributed by atoms with Gasteiger partial charge in [0.25, 0.3) is 5.56 Å². The molecule has 0 unspecified atom stereocenters. The van der Waals surface area contributed by atoms with Gasteiger partial charge >= 0.3 is 0 Å². The van der Waals surface area contributed by atoms with Gasteiger partial charge in [-0.05, 0) is 35.9 Å². The van der Waals surface area contributed by atoms with Crippen molar-refractivity contribution >= 4 is 23.2 Å². The number of ether oxygens (including phenoxy) is 1. The van der Waals surface area contributed by atoms with Gasteiger partial charge < -0.3 is 9.30 Å². The Morgan fingerprint density at radius 1 is 1.05 bits per heavy atom. The lowest BCUT2D eigenvalue weighted by Crippen LogP contribution is -2.21. The third-order valence-electron chi connectivity index (χ3n) is 3.56. The number of rotatable bonds is 3. The molecule has 1 aromatic heterocycles. The predicted molar refractivity (Wildman–Crippen MR) is 88.9 cm³/mol. The van der Waals surface area contributed by atoms with Crippen molar-refractivity contribution in [2.45, 2.75) is 0 Å². The van der Waals surface area contributed by atoms with Crippen LogP contribution >= 0.6 is 0 Å². The summed E-state index contributed by atoms with van der Waals surface area (Å²) >= 11 is 0. The highest BCUT2D eigenvalue weighted by Gasteiger charge is 2.05. The van der Waals surface area contributed by atoms with Gasteiger partial charge in [-0.25, -0.2) is 4.98 Å². The fraction of sp³-hybridized carbons (Fsp3) is 0.111. The van der Waals surface area contributed by atoms with Crippen LogP contribution in [0.15, 0.2) is 53.3 Å². The fourth-order valence-corrected chi connectivity index (χ4v) is 2.30. The highest BCUT2D eigenvalue weighted by Crippen LogP contribution is 2.14. The quantitative estimate of drug-likeness (QED) is 0.745. The Balaban J connectivity index is 2.01. The highest BCUT2D eigenvalue weighted by atomic mass is 16.5. The average Bonchev–Trinajstić information content (AvgIpc) is 2.57. The number of fused-ring (bicyclic) bond motifs is 1. The van der Waals surface area contributed by atoms with Gasteiger partial charge in [-0.3, -0.25) is 4.79 Å². The zero-order valence-electron chi connectivity index (χ0n) is 12.5. The van der Waals surface area contributed by atoms with Crippen LogP contribution in [0.5, 0.6) is 5.75 Å². The van der Waals surface area contributed by atoms with Crippen molar-refractivity contribution in [1.29, 1.82) is 0 Å². The van der Waals surface area contributed by atoms with Crippen LogP contribution < -0.4 is 10.3 Å². The molecule has 0 radical (unpaired) electrons. The normalized spacial score (nSPS) is 11.2. The van der Waals surface area contributed by atoms with Crippen LogP contribution in [0.25, 0.3) is 23.2 Å². The molecule has 0 spiro atoms. The maximum atomic E-state index is 12.3. The summed E-state index contributed by atoms with van der Waals surface area (Å²) in [5.41, 5.74) is 2.94. The van der Waals surface area contributed by atoms with E-state index in [1.54, 1.807) is 24.8 Å². The third kappa shape index (κ3) is 2.63. The summed E-state index contributed by atoms with van der Waals surface area (Å²) in [7, 11) is 3.39. The first-order valence-corrected chi connectivity index (χ1v) is 6.97. The monoisotopic (exact) mass is 292 g/mol. The molecule has 0 atom stereocenters. The lowest BCUT2D eigenvalue weighted by atomic mass is 10.2. The van der Waals surface area contributed by atoms with E-state index in [1.807, 2.05) is 54.6 Å². The molecule has 3 rings (SSSR count). The summed E-state index contributed by atoms with van der Waals surface area (Å²) < 4.78 is 6.75. The van der Waals surface area contributed by atoms with Crippen LogP contribution in [-0.4, -0.2) is 16.7 Å². The lowest BCUT2D eigenvalue weighted by molar-refractivity contribution is 0.415. The molecular weight excluding hydrogens is 276 g/mol. The second-order valence-electron chi connectivity index (χ2n) is 4.96. The van der Waals surface area contributed by atoms with Crippen LogP contribution in [0.4, 0.5) is 0 Å². The smallest absolute Gasteiger partial charge is 0.276 e. The highest BCUT2D eigenvalue weighted by molar-refractivity contribution is 5.77. The van der Waals surface area contributed by atoms with E-state index in [9.17, 15) is 4.79 Å². The van der Waals surface area contributed by atoms with E-state index >= 15 is 0 Å². The average molecular weight is 292 g/mol. The topological polar surface area (TPSA) is 44.1 Å². The molecule has 110 valence electrons. The van der Waals surface area contributed by atoms with Gasteiger partial charge in [0.2, 0.25) is 0 Å². The van der Waals surface area contributed by atoms with E-state index in [-0.39, 0.29) is 5.56 Å². The van der Waals surface area contributed by atoms with E-state index in [0.717, 1.165) is 22.3 Å². The standard InChI is InChI=1S/C18H16N2O2/c1-20-17-6-4-3-5-15(17)19-16(18(20)21)12-9-13-7-10-14(22-2)11-8-13/h3-12H,1-2H3/b12-9+. The summed E-state index contributed by atoms with van der Waals surface area (Å²) in [5.74, 6) is 0.803. The Morgan fingerprint density at radius 2 is 1.77 bits per heavy atom. The molecule has 0 amide bonds. The number of benzene rings is 2. The molecule has 1 heterocycles. The van der Waals surface area contributed by atoms with Crippen molar-refractivity contribution in [2.24, 2.45) is 7.05 Å². The van der Waals surface area contributed by atoms with Gasteiger partial charge in [-0.1, -0.05) is 30.3 Å². The molecule has 2 aromatic carbocycles. The van der Waals surface area contributed by atoms with Crippen LogP contribution in [-0.2, 0) is 7.05 Å². The molecule has 0 N–H and O–H groups in total. The van der Waals surface area contributed by atoms with E-state index in [4.69, 9.17) is 4.74 Å². The summed E-state index contributed by atoms with van der Waals surface area (Å²) in [6.07, 6.45) is 3.62. The van der Waals surface area contributed by atoms with Gasteiger partial charge in [-0.15, -0.1) is 0 Å². The largest absolute Gasteiger partial charge is 0.497 e. The first kappa shape index (κ1) is 14.1. The molecule has 0 aliphatic carbocycles. The Morgan fingerprint density at radius 3 is 2.50 bits per heavy atom. The number of nitrogens with zero attached hydrogens (tertiary/aromatic N) is 2. The lowest BCUT2D eigenvalue weighted by Gasteiger charge is -2.05. The Kier molecular flexibility index (Phi) is 3.74. The van der Waals surface area contributed by atoms with Gasteiger partial charge in [0.15, 0.2) is 0 Å². The van der Waals surface area contributed by atoms with Gasteiger partial charge in [0.1, 0.15) is 11.4 Å². The molecule has 0 bridgehead atoms. The number of aromatic nitrogens is 2. The van der Waals surface area contributed by atoms with E-state index in [2.05, 4.69) is 4.98 Å². The van der Waals surface area contributed by atoms with Crippen molar-refractivity contribution in [3.8, 4) is 5.75 Å². The van der Waals surface area contributed by atoms with Gasteiger partial charge in [0, 0.05) is 7.05 Å². The Hall–Kier alpha value is -2.88. The Labute approximate surface area is 128 Å². The minimum atomic E-state index is -0.108. The number of hydrogen-bond acceptors (Lipinski definition) is 3. The minimum absolute atomic E-state index is 0.108. The van der Waals surface area contributed by atoms with E-state index < -0.39 is 0 Å². The maximum Gasteiger partial charge on any atom is 0.276 e. The van der Waals surface area contributed by atoms with Crippen LogP contribution in [0.3, 0.4) is 0 Å². The van der Waals surface area contributed by atoms with Crippen LogP contribution in [0.2, 0.25) is 0 Å². The van der Waals surface area contributed by atoms with E-state index in [0.29, 0.717) is 5.69 Å². The number of methoxy groups -OCH3 is 1. The van der Waals surface area contributed by atoms with Crippen LogP contribution in [0, 0.1) is 0 Å². The summed E-state index contributed by atoms with van der Waals surface area (Å²) in [4.78, 5) is 16.8. The van der Waals surface area contributed by atoms with E-state index in [1.165, 1.54) is 0 Å². The zero-order valence-corrected chi connectivity index (χ0v) is 12.5. The van der Waals surface area contributed by atoms with Crippen molar-refractivity contribution in [3.05, 3.63) is 70.1 Å². The van der Waals surface area contributed by atoms with Gasteiger partial charge in [-0.2, -0.15) is 0 Å². The first-order valence-electron chi connectivity index (χ1n) is 6.97. The molecule has 0 aliphatic rings. The SMILES string of the molecule is COc1ccc(/C=C/c2nc3ccccc3n(C)c2=O)cc1. The van der Waals surface area contributed by atoms with Gasteiger partial charge in [0.05, 0.1) is 18.1 Å². The van der Waals surface area contributed by atoms with Crippen molar-refractivity contribution < 1.29 is 4.74 Å². The molecule has 3 aromatic rings. The molecule has 4 nitrogen and oxygen atoms in total. The van der Waals surface area contributed by atoms with Crippen molar-refractivity contribution in [2.75, 3.05) is 7.11 Å². The second-order valence-corrected chi connectivity index (χ2v) is 4.96. The molecule has 0 fully saturated rings. The minimum Gasteiger partial charge on any atom is -0.497 e. The molecule has 22 heavy (non-hydrogen) atoms. The zero-order chi connectivity index (χ0) is 15.5. The molecule has 0 saturated carbocycles. The van der Waals surface area contributed by atoms with Crippen molar-refractivity contribution in [3.63, 3.8) is 0 Å². The van der Waals surface area contributed by atoms with Crippen molar-refractivity contribution in [1.82, 2.24) is 9.55 Å². The summed E-state index contributed by atoms with van der Waals surface area (Å²) in [6, 6.07) is 15.2. The number of para-hydroxylation sites is 2. The molecule has 4 heteroatoms. The summed E-state index contributed by atoms with van der Waals surface area (Å²) in [5, 5.41) is 0. The molecule has 0 aliphatic heterocycles. The third-order valence-corrected chi connectivity index (χ3v) is 3.56. The molecular formula is C18H16N2O2. The number of hydrogen-bond donors (Lipinski definition) is 0. The second kappa shape index (κ2) is 5.85. The predicted octanol–water partition coefficient (Wildman–Crippen LogP) is 3.11. The first-order chi connectivity index (χ1) is 10.7.